The fourth-order valence-electron chi connectivity index (χ4n) is 2.89. The van der Waals surface area contributed by atoms with E-state index in [1.165, 1.54) is 23.9 Å². The fraction of sp³-hybridized carbons (Fsp3) is 0.136. The van der Waals surface area contributed by atoms with Crippen LogP contribution in [0.5, 0.6) is 0 Å². The molecule has 0 atom stereocenters. The van der Waals surface area contributed by atoms with E-state index in [1.54, 1.807) is 24.3 Å². The molecule has 0 N–H and O–H groups in total. The minimum absolute atomic E-state index is 0.0453. The third-order valence-electron chi connectivity index (χ3n) is 4.35. The van der Waals surface area contributed by atoms with Crippen LogP contribution in [0, 0.1) is 19.7 Å². The minimum atomic E-state index is -0.302. The molecule has 2 aromatic carbocycles. The van der Waals surface area contributed by atoms with Gasteiger partial charge >= 0.3 is 0 Å². The molecule has 0 saturated heterocycles. The van der Waals surface area contributed by atoms with Gasteiger partial charge in [-0.05, 0) is 49.2 Å². The van der Waals surface area contributed by atoms with Gasteiger partial charge in [0.25, 0.3) is 0 Å². The number of carbonyl (C=O) groups excluding carboxylic acids is 1. The predicted molar refractivity (Wildman–Crippen MR) is 114 cm³/mol. The molecule has 0 bridgehead atoms. The number of ketones is 1. The van der Waals surface area contributed by atoms with E-state index in [9.17, 15) is 9.18 Å². The Balaban J connectivity index is 1.62. The zero-order valence-electron chi connectivity index (χ0n) is 15.4. The quantitative estimate of drug-likeness (QED) is 0.228. The van der Waals surface area contributed by atoms with Crippen LogP contribution in [0.25, 0.3) is 20.7 Å². The summed E-state index contributed by atoms with van der Waals surface area (Å²) in [6.45, 7) is 3.52. The number of rotatable bonds is 5. The molecule has 0 unspecified atom stereocenters. The molecule has 4 rings (SSSR count). The molecule has 3 nitrogen and oxygen atoms in total. The Kier molecular flexibility index (Phi) is 5.24. The average molecular weight is 409 g/mol. The number of nitrogens with zero attached hydrogens (tertiary/aromatic N) is 2. The highest BCUT2D eigenvalue weighted by atomic mass is 32.2. The molecule has 0 aliphatic heterocycles. The summed E-state index contributed by atoms with van der Waals surface area (Å²) < 4.78 is 13.4. The van der Waals surface area contributed by atoms with E-state index in [0.717, 1.165) is 25.7 Å². The Labute approximate surface area is 170 Å². The number of benzene rings is 2. The van der Waals surface area contributed by atoms with Crippen LogP contribution in [0.15, 0.2) is 59.6 Å². The first kappa shape index (κ1) is 18.8. The summed E-state index contributed by atoms with van der Waals surface area (Å²) in [7, 11) is 0. The lowest BCUT2D eigenvalue weighted by molar-refractivity contribution is 0.102. The molecule has 0 aliphatic carbocycles. The van der Waals surface area contributed by atoms with Gasteiger partial charge in [-0.3, -0.25) is 4.79 Å². The van der Waals surface area contributed by atoms with Crippen molar-refractivity contribution >= 4 is 39.1 Å². The second-order valence-electron chi connectivity index (χ2n) is 6.45. The van der Waals surface area contributed by atoms with Crippen LogP contribution < -0.4 is 0 Å². The largest absolute Gasteiger partial charge is 0.293 e. The molecule has 0 amide bonds. The Morgan fingerprint density at radius 2 is 1.86 bits per heavy atom. The summed E-state index contributed by atoms with van der Waals surface area (Å²) in [6.07, 6.45) is 0. The molecule has 2 aromatic heterocycles. The Bertz CT molecular complexity index is 1170. The topological polar surface area (TPSA) is 42.9 Å². The average Bonchev–Trinajstić information content (AvgIpc) is 3.12. The first-order valence-electron chi connectivity index (χ1n) is 8.77. The van der Waals surface area contributed by atoms with Crippen molar-refractivity contribution in [2.75, 3.05) is 5.75 Å². The van der Waals surface area contributed by atoms with Crippen molar-refractivity contribution in [3.8, 4) is 10.4 Å². The zero-order valence-corrected chi connectivity index (χ0v) is 17.0. The maximum Gasteiger partial charge on any atom is 0.173 e. The molecule has 0 spiro atoms. The molecule has 0 fully saturated rings. The third kappa shape index (κ3) is 3.84. The maximum atomic E-state index is 13.4. The van der Waals surface area contributed by atoms with Crippen LogP contribution in [0.2, 0.25) is 0 Å². The van der Waals surface area contributed by atoms with E-state index in [0.29, 0.717) is 17.0 Å². The maximum absolute atomic E-state index is 13.4. The van der Waals surface area contributed by atoms with Crippen molar-refractivity contribution in [2.45, 2.75) is 18.9 Å². The normalized spacial score (nSPS) is 11.1. The van der Waals surface area contributed by atoms with Gasteiger partial charge in [-0.1, -0.05) is 42.1 Å². The van der Waals surface area contributed by atoms with Crippen molar-refractivity contribution in [3.63, 3.8) is 0 Å². The van der Waals surface area contributed by atoms with E-state index in [4.69, 9.17) is 0 Å². The lowest BCUT2D eigenvalue weighted by Crippen LogP contribution is -2.04. The SMILES string of the molecule is Cc1nc(SCC(=O)c2ccc(F)c(C)c2)c2cc(-c3ccccc3)sc2n1. The second kappa shape index (κ2) is 7.81. The van der Waals surface area contributed by atoms with Crippen molar-refractivity contribution in [3.05, 3.63) is 77.4 Å². The number of carbonyl (C=O) groups is 1. The van der Waals surface area contributed by atoms with Gasteiger partial charge in [0.2, 0.25) is 0 Å². The van der Waals surface area contributed by atoms with E-state index in [2.05, 4.69) is 28.2 Å². The van der Waals surface area contributed by atoms with Gasteiger partial charge in [0.15, 0.2) is 5.78 Å². The van der Waals surface area contributed by atoms with Crippen molar-refractivity contribution in [1.82, 2.24) is 9.97 Å². The van der Waals surface area contributed by atoms with Gasteiger partial charge in [0.1, 0.15) is 21.5 Å². The van der Waals surface area contributed by atoms with Crippen molar-refractivity contribution in [1.29, 1.82) is 0 Å². The molecule has 140 valence electrons. The van der Waals surface area contributed by atoms with Crippen LogP contribution in [0.4, 0.5) is 4.39 Å². The van der Waals surface area contributed by atoms with E-state index in [1.807, 2.05) is 25.1 Å². The van der Waals surface area contributed by atoms with E-state index in [-0.39, 0.29) is 17.4 Å². The van der Waals surface area contributed by atoms with Crippen LogP contribution >= 0.6 is 23.1 Å². The summed E-state index contributed by atoms with van der Waals surface area (Å²) in [5.41, 5.74) is 2.13. The Morgan fingerprint density at radius 3 is 2.61 bits per heavy atom. The number of aryl methyl sites for hydroxylation is 2. The van der Waals surface area contributed by atoms with Gasteiger partial charge in [-0.2, -0.15) is 0 Å². The van der Waals surface area contributed by atoms with Crippen molar-refractivity contribution < 1.29 is 9.18 Å². The monoisotopic (exact) mass is 408 g/mol. The third-order valence-corrected chi connectivity index (χ3v) is 6.42. The molecular formula is C22H17FN2OS2. The van der Waals surface area contributed by atoms with Crippen LogP contribution in [0.3, 0.4) is 0 Å². The Morgan fingerprint density at radius 1 is 1.07 bits per heavy atom. The fourth-order valence-corrected chi connectivity index (χ4v) is 4.98. The van der Waals surface area contributed by atoms with Crippen LogP contribution in [-0.2, 0) is 0 Å². The standard InChI is InChI=1S/C22H17FN2OS2/c1-13-10-16(8-9-18(13)23)19(26)12-27-21-17-11-20(15-6-4-3-5-7-15)28-22(17)25-14(2)24-21/h3-11H,12H2,1-2H3. The lowest BCUT2D eigenvalue weighted by atomic mass is 10.1. The van der Waals surface area contributed by atoms with Gasteiger partial charge in [0, 0.05) is 15.8 Å². The molecule has 6 heteroatoms. The smallest absolute Gasteiger partial charge is 0.173 e. The number of fused-ring (bicyclic) bond motifs is 1. The van der Waals surface area contributed by atoms with Gasteiger partial charge in [-0.25, -0.2) is 14.4 Å². The zero-order chi connectivity index (χ0) is 19.7. The first-order valence-corrected chi connectivity index (χ1v) is 10.6. The van der Waals surface area contributed by atoms with Gasteiger partial charge in [0.05, 0.1) is 5.75 Å². The predicted octanol–water partition coefficient (Wildman–Crippen LogP) is 6.09. The number of hydrogen-bond acceptors (Lipinski definition) is 5. The van der Waals surface area contributed by atoms with E-state index < -0.39 is 0 Å². The number of halogens is 1. The summed E-state index contributed by atoms with van der Waals surface area (Å²) in [4.78, 5) is 23.7. The molecular weight excluding hydrogens is 391 g/mol. The highest BCUT2D eigenvalue weighted by Gasteiger charge is 2.15. The number of thioether (sulfide) groups is 1. The highest BCUT2D eigenvalue weighted by Crippen LogP contribution is 2.36. The molecule has 2 heterocycles. The molecule has 4 aromatic rings. The van der Waals surface area contributed by atoms with Crippen LogP contribution in [0.1, 0.15) is 21.7 Å². The minimum Gasteiger partial charge on any atom is -0.293 e. The van der Waals surface area contributed by atoms with E-state index >= 15 is 0 Å². The summed E-state index contributed by atoms with van der Waals surface area (Å²) >= 11 is 3.02. The molecule has 0 saturated carbocycles. The molecule has 0 aliphatic rings. The first-order chi connectivity index (χ1) is 13.5. The Hall–Kier alpha value is -2.57. The number of hydrogen-bond donors (Lipinski definition) is 0. The lowest BCUT2D eigenvalue weighted by Gasteiger charge is -2.05. The second-order valence-corrected chi connectivity index (χ2v) is 8.44. The van der Waals surface area contributed by atoms with Crippen molar-refractivity contribution in [2.24, 2.45) is 0 Å². The molecule has 0 radical (unpaired) electrons. The highest BCUT2D eigenvalue weighted by molar-refractivity contribution is 8.00. The van der Waals surface area contributed by atoms with Crippen LogP contribution in [-0.4, -0.2) is 21.5 Å². The number of aromatic nitrogens is 2. The number of thiophene rings is 1. The summed E-state index contributed by atoms with van der Waals surface area (Å²) in [6, 6.07) is 16.7. The summed E-state index contributed by atoms with van der Waals surface area (Å²) in [5, 5.41) is 1.76. The number of Topliss-reactive ketones (excluding diaryl/α,β-unsaturated/α-hetero) is 1. The summed E-state index contributed by atoms with van der Waals surface area (Å²) in [5.74, 6) is 0.578. The van der Waals surface area contributed by atoms with Gasteiger partial charge in [-0.15, -0.1) is 11.3 Å². The molecule has 28 heavy (non-hydrogen) atoms. The van der Waals surface area contributed by atoms with Gasteiger partial charge < -0.3 is 0 Å².